The molecule has 84 valence electrons. The number of likely N-dealkylation sites (tertiary alicyclic amines) is 1. The van der Waals surface area contributed by atoms with Crippen LogP contribution in [0.3, 0.4) is 0 Å². The molecular formula is C9H19ClN2O2. The van der Waals surface area contributed by atoms with Crippen molar-refractivity contribution in [2.45, 2.75) is 38.3 Å². The molecule has 0 spiro atoms. The van der Waals surface area contributed by atoms with Crippen molar-refractivity contribution in [2.24, 2.45) is 5.73 Å². The van der Waals surface area contributed by atoms with Gasteiger partial charge in [0.1, 0.15) is 6.04 Å². The van der Waals surface area contributed by atoms with E-state index in [-0.39, 0.29) is 24.5 Å². The molecule has 1 aliphatic rings. The predicted octanol–water partition coefficient (Wildman–Crippen LogP) is 0.694. The quantitative estimate of drug-likeness (QED) is 0.738. The fraction of sp³-hybridized carbons (Fsp3) is 0.889. The van der Waals surface area contributed by atoms with Crippen LogP contribution < -0.4 is 5.73 Å². The molecule has 0 saturated carbocycles. The maximum absolute atomic E-state index is 10.8. The van der Waals surface area contributed by atoms with Gasteiger partial charge in [-0.25, -0.2) is 0 Å². The third-order valence-corrected chi connectivity index (χ3v) is 2.69. The standard InChI is InChI=1S/C9H18N2O2.ClH/c1-2-8(9(12)13)11-5-3-7(10)4-6-11;/h7-8H,2-6,10H2,1H3,(H,12,13);1H. The smallest absolute Gasteiger partial charge is 0.320 e. The SMILES string of the molecule is CCC(C(=O)O)N1CCC(N)CC1.Cl. The van der Waals surface area contributed by atoms with Crippen LogP contribution in [-0.2, 0) is 4.79 Å². The third-order valence-electron chi connectivity index (χ3n) is 2.69. The second-order valence-electron chi connectivity index (χ2n) is 3.64. The third kappa shape index (κ3) is 3.44. The van der Waals surface area contributed by atoms with Gasteiger partial charge in [-0.15, -0.1) is 12.4 Å². The molecule has 1 saturated heterocycles. The molecule has 14 heavy (non-hydrogen) atoms. The largest absolute Gasteiger partial charge is 0.480 e. The van der Waals surface area contributed by atoms with Gasteiger partial charge in [0, 0.05) is 19.1 Å². The molecule has 1 atom stereocenters. The monoisotopic (exact) mass is 222 g/mol. The van der Waals surface area contributed by atoms with Crippen molar-refractivity contribution in [1.29, 1.82) is 0 Å². The highest BCUT2D eigenvalue weighted by molar-refractivity contribution is 5.85. The first-order chi connectivity index (χ1) is 6.15. The van der Waals surface area contributed by atoms with Gasteiger partial charge in [-0.1, -0.05) is 6.92 Å². The number of aliphatic carboxylic acids is 1. The molecule has 0 bridgehead atoms. The zero-order valence-electron chi connectivity index (χ0n) is 8.48. The van der Waals surface area contributed by atoms with E-state index in [4.69, 9.17) is 10.8 Å². The van der Waals surface area contributed by atoms with Crippen molar-refractivity contribution in [3.8, 4) is 0 Å². The van der Waals surface area contributed by atoms with Crippen LogP contribution in [-0.4, -0.2) is 41.1 Å². The lowest BCUT2D eigenvalue weighted by Gasteiger charge is -2.33. The van der Waals surface area contributed by atoms with Crippen molar-refractivity contribution in [2.75, 3.05) is 13.1 Å². The Morgan fingerprint density at radius 1 is 1.57 bits per heavy atom. The van der Waals surface area contributed by atoms with Gasteiger partial charge in [-0.05, 0) is 19.3 Å². The molecule has 0 aromatic heterocycles. The number of nitrogens with two attached hydrogens (primary N) is 1. The van der Waals surface area contributed by atoms with Gasteiger partial charge in [0.05, 0.1) is 0 Å². The summed E-state index contributed by atoms with van der Waals surface area (Å²) >= 11 is 0. The lowest BCUT2D eigenvalue weighted by atomic mass is 10.0. The Balaban J connectivity index is 0.00000169. The summed E-state index contributed by atoms with van der Waals surface area (Å²) in [4.78, 5) is 12.9. The minimum atomic E-state index is -0.710. The Morgan fingerprint density at radius 2 is 2.07 bits per heavy atom. The fourth-order valence-corrected chi connectivity index (χ4v) is 1.82. The fourth-order valence-electron chi connectivity index (χ4n) is 1.82. The van der Waals surface area contributed by atoms with Gasteiger partial charge >= 0.3 is 5.97 Å². The number of carboxylic acids is 1. The highest BCUT2D eigenvalue weighted by Crippen LogP contribution is 2.13. The Labute approximate surface area is 90.9 Å². The Hall–Kier alpha value is -0.320. The maximum atomic E-state index is 10.8. The molecule has 1 heterocycles. The average Bonchev–Trinajstić information content (AvgIpc) is 2.09. The highest BCUT2D eigenvalue weighted by atomic mass is 35.5. The Bertz CT molecular complexity index is 182. The summed E-state index contributed by atoms with van der Waals surface area (Å²) in [5.74, 6) is -0.710. The molecule has 0 radical (unpaired) electrons. The number of carbonyl (C=O) groups is 1. The van der Waals surface area contributed by atoms with E-state index in [1.54, 1.807) is 0 Å². The van der Waals surface area contributed by atoms with Crippen LogP contribution in [0.25, 0.3) is 0 Å². The summed E-state index contributed by atoms with van der Waals surface area (Å²) in [5, 5.41) is 8.92. The molecule has 3 N–H and O–H groups in total. The first-order valence-corrected chi connectivity index (χ1v) is 4.87. The van der Waals surface area contributed by atoms with E-state index < -0.39 is 5.97 Å². The molecule has 1 unspecified atom stereocenters. The van der Waals surface area contributed by atoms with E-state index in [1.807, 2.05) is 11.8 Å². The predicted molar refractivity (Wildman–Crippen MR) is 57.7 cm³/mol. The van der Waals surface area contributed by atoms with Gasteiger partial charge in [-0.3, -0.25) is 9.69 Å². The summed E-state index contributed by atoms with van der Waals surface area (Å²) in [5.41, 5.74) is 5.74. The van der Waals surface area contributed by atoms with E-state index in [0.29, 0.717) is 6.42 Å². The summed E-state index contributed by atoms with van der Waals surface area (Å²) in [6.07, 6.45) is 2.51. The molecule has 4 nitrogen and oxygen atoms in total. The van der Waals surface area contributed by atoms with Crippen LogP contribution in [0.2, 0.25) is 0 Å². The number of carboxylic acid groups (broad SMARTS) is 1. The molecule has 5 heteroatoms. The molecule has 0 aromatic carbocycles. The maximum Gasteiger partial charge on any atom is 0.320 e. The van der Waals surface area contributed by atoms with Crippen LogP contribution in [0, 0.1) is 0 Å². The molecule has 0 aliphatic carbocycles. The number of hydrogen-bond donors (Lipinski definition) is 2. The summed E-state index contributed by atoms with van der Waals surface area (Å²) in [6, 6.07) is -0.0462. The summed E-state index contributed by atoms with van der Waals surface area (Å²) in [6.45, 7) is 3.56. The van der Waals surface area contributed by atoms with Crippen LogP contribution in [0.5, 0.6) is 0 Å². The van der Waals surface area contributed by atoms with Gasteiger partial charge < -0.3 is 10.8 Å². The van der Waals surface area contributed by atoms with Crippen LogP contribution in [0.15, 0.2) is 0 Å². The van der Waals surface area contributed by atoms with E-state index in [9.17, 15) is 4.79 Å². The first-order valence-electron chi connectivity index (χ1n) is 4.87. The Kier molecular flexibility index (Phi) is 6.08. The highest BCUT2D eigenvalue weighted by Gasteiger charge is 2.26. The van der Waals surface area contributed by atoms with Crippen molar-refractivity contribution in [3.63, 3.8) is 0 Å². The molecule has 1 fully saturated rings. The second-order valence-corrected chi connectivity index (χ2v) is 3.64. The van der Waals surface area contributed by atoms with Gasteiger partial charge in [0.15, 0.2) is 0 Å². The van der Waals surface area contributed by atoms with Crippen LogP contribution >= 0.6 is 12.4 Å². The van der Waals surface area contributed by atoms with Crippen LogP contribution in [0.4, 0.5) is 0 Å². The second kappa shape index (κ2) is 6.22. The lowest BCUT2D eigenvalue weighted by Crippen LogP contribution is -2.47. The normalized spacial score (nSPS) is 21.3. The van der Waals surface area contributed by atoms with E-state index in [2.05, 4.69) is 0 Å². The van der Waals surface area contributed by atoms with Gasteiger partial charge in [0.25, 0.3) is 0 Å². The van der Waals surface area contributed by atoms with Crippen molar-refractivity contribution < 1.29 is 9.90 Å². The number of halogens is 1. The van der Waals surface area contributed by atoms with Gasteiger partial charge in [-0.2, -0.15) is 0 Å². The van der Waals surface area contributed by atoms with Crippen LogP contribution in [0.1, 0.15) is 26.2 Å². The summed E-state index contributed by atoms with van der Waals surface area (Å²) < 4.78 is 0. The molecular weight excluding hydrogens is 204 g/mol. The molecule has 1 rings (SSSR count). The number of hydrogen-bond acceptors (Lipinski definition) is 3. The zero-order chi connectivity index (χ0) is 9.84. The number of piperidine rings is 1. The lowest BCUT2D eigenvalue weighted by molar-refractivity contribution is -0.143. The number of rotatable bonds is 3. The molecule has 0 aromatic rings. The van der Waals surface area contributed by atoms with Crippen molar-refractivity contribution in [3.05, 3.63) is 0 Å². The van der Waals surface area contributed by atoms with Gasteiger partial charge in [0.2, 0.25) is 0 Å². The zero-order valence-corrected chi connectivity index (χ0v) is 9.30. The van der Waals surface area contributed by atoms with Crippen molar-refractivity contribution >= 4 is 18.4 Å². The van der Waals surface area contributed by atoms with Crippen molar-refractivity contribution in [1.82, 2.24) is 4.90 Å². The van der Waals surface area contributed by atoms with E-state index in [1.165, 1.54) is 0 Å². The number of nitrogens with zero attached hydrogens (tertiary/aromatic N) is 1. The minimum absolute atomic E-state index is 0. The average molecular weight is 223 g/mol. The first kappa shape index (κ1) is 13.7. The minimum Gasteiger partial charge on any atom is -0.480 e. The molecule has 0 amide bonds. The summed E-state index contributed by atoms with van der Waals surface area (Å²) in [7, 11) is 0. The molecule has 1 aliphatic heterocycles. The Morgan fingerprint density at radius 3 is 2.43 bits per heavy atom. The van der Waals surface area contributed by atoms with E-state index >= 15 is 0 Å². The topological polar surface area (TPSA) is 66.6 Å². The van der Waals surface area contributed by atoms with E-state index in [0.717, 1.165) is 25.9 Å².